The number of aryl methyl sites for hydroxylation is 1. The number of para-hydroxylation sites is 1. The second-order valence-electron chi connectivity index (χ2n) is 4.59. The van der Waals surface area contributed by atoms with E-state index < -0.39 is 6.17 Å². The van der Waals surface area contributed by atoms with Gasteiger partial charge < -0.3 is 5.32 Å². The first kappa shape index (κ1) is 11.7. The van der Waals surface area contributed by atoms with Gasteiger partial charge >= 0.3 is 0 Å². The Kier molecular flexibility index (Phi) is 3.04. The highest BCUT2D eigenvalue weighted by atomic mass is 32.1. The van der Waals surface area contributed by atoms with Crippen LogP contribution in [0.2, 0.25) is 0 Å². The lowest BCUT2D eigenvalue weighted by atomic mass is 10.0. The van der Waals surface area contributed by atoms with Gasteiger partial charge in [-0.2, -0.15) is 0 Å². The van der Waals surface area contributed by atoms with Crippen molar-refractivity contribution < 1.29 is 4.39 Å². The number of hydrogen-bond donors (Lipinski definition) is 1. The molecule has 0 saturated carbocycles. The van der Waals surface area contributed by atoms with Gasteiger partial charge in [0.2, 0.25) is 0 Å². The Morgan fingerprint density at radius 1 is 1.50 bits per heavy atom. The Morgan fingerprint density at radius 2 is 2.39 bits per heavy atom. The van der Waals surface area contributed by atoms with Crippen LogP contribution in [-0.4, -0.2) is 11.5 Å². The standard InChI is InChI=1S/C14H15FN2S/c1-9-17-11(8-18-9)7-13(15)12-4-2-3-10-5-6-16-14(10)12/h2-4,8,13,16H,5-7H2,1H3. The highest BCUT2D eigenvalue weighted by Gasteiger charge is 2.20. The fourth-order valence-corrected chi connectivity index (χ4v) is 3.05. The van der Waals surface area contributed by atoms with Gasteiger partial charge in [0.25, 0.3) is 0 Å². The summed E-state index contributed by atoms with van der Waals surface area (Å²) in [4.78, 5) is 4.33. The van der Waals surface area contributed by atoms with Crippen molar-refractivity contribution in [1.82, 2.24) is 4.98 Å². The predicted molar refractivity (Wildman–Crippen MR) is 73.0 cm³/mol. The molecule has 1 atom stereocenters. The number of nitrogens with one attached hydrogen (secondary N) is 1. The minimum absolute atomic E-state index is 0.364. The molecular formula is C14H15FN2S. The third-order valence-electron chi connectivity index (χ3n) is 3.27. The topological polar surface area (TPSA) is 24.9 Å². The Balaban J connectivity index is 1.84. The Hall–Kier alpha value is -1.42. The molecule has 1 aliphatic rings. The van der Waals surface area contributed by atoms with Crippen LogP contribution in [-0.2, 0) is 12.8 Å². The number of alkyl halides is 1. The van der Waals surface area contributed by atoms with E-state index in [0.717, 1.165) is 34.9 Å². The first-order valence-corrected chi connectivity index (χ1v) is 7.03. The summed E-state index contributed by atoms with van der Waals surface area (Å²) in [5.41, 5.74) is 3.85. The first-order valence-electron chi connectivity index (χ1n) is 6.15. The van der Waals surface area contributed by atoms with Gasteiger partial charge in [-0.3, -0.25) is 0 Å². The van der Waals surface area contributed by atoms with Gasteiger partial charge in [-0.05, 0) is 18.9 Å². The number of anilines is 1. The quantitative estimate of drug-likeness (QED) is 0.913. The molecule has 2 aromatic rings. The van der Waals surface area contributed by atoms with E-state index in [4.69, 9.17) is 0 Å². The zero-order valence-corrected chi connectivity index (χ0v) is 11.1. The molecule has 1 aromatic carbocycles. The molecule has 1 unspecified atom stereocenters. The van der Waals surface area contributed by atoms with Crippen LogP contribution in [0.5, 0.6) is 0 Å². The summed E-state index contributed by atoms with van der Waals surface area (Å²) in [6, 6.07) is 5.89. The van der Waals surface area contributed by atoms with E-state index >= 15 is 0 Å². The largest absolute Gasteiger partial charge is 0.384 e. The number of nitrogens with zero attached hydrogens (tertiary/aromatic N) is 1. The molecule has 1 aromatic heterocycles. The van der Waals surface area contributed by atoms with Gasteiger partial charge in [-0.15, -0.1) is 11.3 Å². The van der Waals surface area contributed by atoms with Crippen molar-refractivity contribution >= 4 is 17.0 Å². The fraction of sp³-hybridized carbons (Fsp3) is 0.357. The molecule has 18 heavy (non-hydrogen) atoms. The normalized spacial score (nSPS) is 15.2. The van der Waals surface area contributed by atoms with Crippen LogP contribution in [0, 0.1) is 6.92 Å². The number of fused-ring (bicyclic) bond motifs is 1. The average Bonchev–Trinajstić information content (AvgIpc) is 2.97. The van der Waals surface area contributed by atoms with Gasteiger partial charge in [-0.1, -0.05) is 18.2 Å². The summed E-state index contributed by atoms with van der Waals surface area (Å²) in [5, 5.41) is 6.22. The van der Waals surface area contributed by atoms with Crippen molar-refractivity contribution in [1.29, 1.82) is 0 Å². The second-order valence-corrected chi connectivity index (χ2v) is 5.65. The molecular weight excluding hydrogens is 247 g/mol. The van der Waals surface area contributed by atoms with Crippen LogP contribution in [0.4, 0.5) is 10.1 Å². The summed E-state index contributed by atoms with van der Waals surface area (Å²) in [5.74, 6) is 0. The van der Waals surface area contributed by atoms with Gasteiger partial charge in [0.05, 0.1) is 10.7 Å². The molecule has 1 aliphatic heterocycles. The fourth-order valence-electron chi connectivity index (χ4n) is 2.42. The molecule has 2 nitrogen and oxygen atoms in total. The maximum atomic E-state index is 14.4. The highest BCUT2D eigenvalue weighted by molar-refractivity contribution is 7.09. The van der Waals surface area contributed by atoms with Crippen molar-refractivity contribution in [3.63, 3.8) is 0 Å². The Bertz CT molecular complexity index is 565. The smallest absolute Gasteiger partial charge is 0.133 e. The first-order chi connectivity index (χ1) is 8.74. The van der Waals surface area contributed by atoms with E-state index in [-0.39, 0.29) is 0 Å². The molecule has 0 saturated heterocycles. The second kappa shape index (κ2) is 4.69. The van der Waals surface area contributed by atoms with Crippen LogP contribution in [0.3, 0.4) is 0 Å². The van der Waals surface area contributed by atoms with Crippen LogP contribution in [0.15, 0.2) is 23.6 Å². The maximum absolute atomic E-state index is 14.4. The molecule has 0 bridgehead atoms. The van der Waals surface area contributed by atoms with Crippen molar-refractivity contribution in [2.75, 3.05) is 11.9 Å². The molecule has 0 amide bonds. The lowest BCUT2D eigenvalue weighted by Gasteiger charge is -2.12. The third kappa shape index (κ3) is 2.12. The number of halogens is 1. The van der Waals surface area contributed by atoms with Gasteiger partial charge in [-0.25, -0.2) is 9.37 Å². The number of hydrogen-bond acceptors (Lipinski definition) is 3. The Morgan fingerprint density at radius 3 is 3.17 bits per heavy atom. The third-order valence-corrected chi connectivity index (χ3v) is 4.09. The van der Waals surface area contributed by atoms with Gasteiger partial charge in [0.1, 0.15) is 6.17 Å². The predicted octanol–water partition coefficient (Wildman–Crippen LogP) is 3.67. The summed E-state index contributed by atoms with van der Waals surface area (Å²) in [7, 11) is 0. The molecule has 1 N–H and O–H groups in total. The molecule has 0 spiro atoms. The highest BCUT2D eigenvalue weighted by Crippen LogP contribution is 2.34. The summed E-state index contributed by atoms with van der Waals surface area (Å²) in [6.45, 7) is 2.86. The molecule has 0 fully saturated rings. The molecule has 0 aliphatic carbocycles. The van der Waals surface area contributed by atoms with Gasteiger partial charge in [0, 0.05) is 29.6 Å². The summed E-state index contributed by atoms with van der Waals surface area (Å²) >= 11 is 1.57. The van der Waals surface area contributed by atoms with E-state index in [1.807, 2.05) is 24.4 Å². The van der Waals surface area contributed by atoms with Crippen molar-refractivity contribution in [2.24, 2.45) is 0 Å². The van der Waals surface area contributed by atoms with Crippen molar-refractivity contribution in [3.8, 4) is 0 Å². The molecule has 3 rings (SSSR count). The van der Waals surface area contributed by atoms with Gasteiger partial charge in [0.15, 0.2) is 0 Å². The molecule has 94 valence electrons. The Labute approximate surface area is 110 Å². The summed E-state index contributed by atoms with van der Waals surface area (Å²) < 4.78 is 14.4. The molecule has 2 heterocycles. The van der Waals surface area contributed by atoms with Crippen LogP contribution in [0.1, 0.15) is 28.0 Å². The number of rotatable bonds is 3. The molecule has 0 radical (unpaired) electrons. The lowest BCUT2D eigenvalue weighted by Crippen LogP contribution is -2.02. The van der Waals surface area contributed by atoms with E-state index in [2.05, 4.69) is 16.4 Å². The summed E-state index contributed by atoms with van der Waals surface area (Å²) in [6.07, 6.45) is 0.376. The monoisotopic (exact) mass is 262 g/mol. The lowest BCUT2D eigenvalue weighted by molar-refractivity contribution is 0.341. The van der Waals surface area contributed by atoms with E-state index in [0.29, 0.717) is 6.42 Å². The van der Waals surface area contributed by atoms with Crippen LogP contribution in [0.25, 0.3) is 0 Å². The average molecular weight is 262 g/mol. The van der Waals surface area contributed by atoms with E-state index in [1.54, 1.807) is 11.3 Å². The van der Waals surface area contributed by atoms with Crippen molar-refractivity contribution in [2.45, 2.75) is 25.9 Å². The van der Waals surface area contributed by atoms with E-state index in [9.17, 15) is 4.39 Å². The van der Waals surface area contributed by atoms with Crippen LogP contribution < -0.4 is 5.32 Å². The van der Waals surface area contributed by atoms with E-state index in [1.165, 1.54) is 5.56 Å². The van der Waals surface area contributed by atoms with Crippen LogP contribution >= 0.6 is 11.3 Å². The minimum atomic E-state index is -0.980. The number of thiazole rings is 1. The maximum Gasteiger partial charge on any atom is 0.133 e. The number of aromatic nitrogens is 1. The zero-order chi connectivity index (χ0) is 12.5. The molecule has 4 heteroatoms. The van der Waals surface area contributed by atoms with Crippen molar-refractivity contribution in [3.05, 3.63) is 45.4 Å². The SMILES string of the molecule is Cc1nc(CC(F)c2cccc3c2NCC3)cs1. The number of benzene rings is 1. The zero-order valence-electron chi connectivity index (χ0n) is 10.2. The minimum Gasteiger partial charge on any atom is -0.384 e.